The van der Waals surface area contributed by atoms with Gasteiger partial charge < -0.3 is 9.47 Å². The molecule has 8 heteroatoms. The van der Waals surface area contributed by atoms with Crippen LogP contribution >= 0.6 is 0 Å². The van der Waals surface area contributed by atoms with E-state index in [0.717, 1.165) is 0 Å². The monoisotopic (exact) mass is 279 g/mol. The Labute approximate surface area is 106 Å². The van der Waals surface area contributed by atoms with E-state index < -0.39 is 16.2 Å². The zero-order valence-corrected chi connectivity index (χ0v) is 10.9. The van der Waals surface area contributed by atoms with E-state index in [0.29, 0.717) is 32.7 Å². The molecule has 1 atom stereocenters. The highest BCUT2D eigenvalue weighted by atomic mass is 32.2. The van der Waals surface area contributed by atoms with E-state index in [9.17, 15) is 13.2 Å². The van der Waals surface area contributed by atoms with Gasteiger partial charge in [-0.25, -0.2) is 0 Å². The molecular formula is C10H17NO6S. The van der Waals surface area contributed by atoms with Crippen LogP contribution < -0.4 is 0 Å². The van der Waals surface area contributed by atoms with Crippen LogP contribution in [0.4, 0.5) is 0 Å². The van der Waals surface area contributed by atoms with Gasteiger partial charge in [-0.05, 0) is 0 Å². The first-order chi connectivity index (χ1) is 8.55. The van der Waals surface area contributed by atoms with Crippen molar-refractivity contribution in [2.24, 2.45) is 0 Å². The minimum Gasteiger partial charge on any atom is -0.460 e. The third-order valence-electron chi connectivity index (χ3n) is 2.85. The van der Waals surface area contributed by atoms with Gasteiger partial charge in [0, 0.05) is 19.5 Å². The van der Waals surface area contributed by atoms with Crippen molar-refractivity contribution >= 4 is 16.1 Å². The number of esters is 1. The summed E-state index contributed by atoms with van der Waals surface area (Å²) in [6, 6.07) is 0. The highest BCUT2D eigenvalue weighted by Gasteiger charge is 2.29. The highest BCUT2D eigenvalue weighted by molar-refractivity contribution is 7.86. The third kappa shape index (κ3) is 4.20. The summed E-state index contributed by atoms with van der Waals surface area (Å²) in [5, 5.41) is 0. The molecule has 0 aliphatic carbocycles. The summed E-state index contributed by atoms with van der Waals surface area (Å²) in [6.07, 6.45) is -0.161. The summed E-state index contributed by atoms with van der Waals surface area (Å²) < 4.78 is 37.3. The lowest BCUT2D eigenvalue weighted by molar-refractivity contribution is -0.151. The number of morpholine rings is 1. The van der Waals surface area contributed by atoms with Crippen LogP contribution in [0.25, 0.3) is 0 Å². The zero-order chi connectivity index (χ0) is 13.0. The van der Waals surface area contributed by atoms with Crippen molar-refractivity contribution in [1.29, 1.82) is 0 Å². The van der Waals surface area contributed by atoms with E-state index in [-0.39, 0.29) is 24.9 Å². The summed E-state index contributed by atoms with van der Waals surface area (Å²) >= 11 is 0. The number of hydrogen-bond donors (Lipinski definition) is 0. The first-order valence-electron chi connectivity index (χ1n) is 5.92. The Morgan fingerprint density at radius 2 is 2.00 bits per heavy atom. The number of nitrogens with zero attached hydrogens (tertiary/aromatic N) is 1. The molecule has 2 aliphatic heterocycles. The lowest BCUT2D eigenvalue weighted by Gasteiger charge is -2.27. The Morgan fingerprint density at radius 3 is 2.67 bits per heavy atom. The lowest BCUT2D eigenvalue weighted by Crippen LogP contribution is -2.42. The molecule has 2 rings (SSSR count). The normalized spacial score (nSPS) is 28.8. The summed E-state index contributed by atoms with van der Waals surface area (Å²) in [6.45, 7) is 2.87. The van der Waals surface area contributed by atoms with Crippen LogP contribution in [0.2, 0.25) is 0 Å². The second-order valence-corrected chi connectivity index (χ2v) is 6.02. The van der Waals surface area contributed by atoms with Crippen molar-refractivity contribution in [3.05, 3.63) is 0 Å². The summed E-state index contributed by atoms with van der Waals surface area (Å²) in [5.41, 5.74) is 0. The van der Waals surface area contributed by atoms with Crippen molar-refractivity contribution in [3.8, 4) is 0 Å². The smallest absolute Gasteiger partial charge is 0.320 e. The number of hydrogen-bond acceptors (Lipinski definition) is 7. The van der Waals surface area contributed by atoms with Crippen molar-refractivity contribution < 1.29 is 26.9 Å². The molecule has 0 N–H and O–H groups in total. The maximum Gasteiger partial charge on any atom is 0.320 e. The van der Waals surface area contributed by atoms with Gasteiger partial charge in [-0.2, -0.15) is 8.42 Å². The van der Waals surface area contributed by atoms with Gasteiger partial charge in [-0.3, -0.25) is 13.9 Å². The molecule has 0 aromatic carbocycles. The molecule has 104 valence electrons. The topological polar surface area (TPSA) is 82.1 Å². The molecule has 0 radical (unpaired) electrons. The Balaban J connectivity index is 1.76. The van der Waals surface area contributed by atoms with Crippen LogP contribution in [0.1, 0.15) is 6.42 Å². The molecule has 2 saturated heterocycles. The minimum atomic E-state index is -3.52. The molecule has 18 heavy (non-hydrogen) atoms. The Morgan fingerprint density at radius 1 is 1.28 bits per heavy atom. The second-order valence-electron chi connectivity index (χ2n) is 4.34. The van der Waals surface area contributed by atoms with Gasteiger partial charge in [-0.1, -0.05) is 0 Å². The van der Waals surface area contributed by atoms with Gasteiger partial charge in [-0.15, -0.1) is 0 Å². The van der Waals surface area contributed by atoms with Crippen LogP contribution in [0.3, 0.4) is 0 Å². The van der Waals surface area contributed by atoms with E-state index in [1.807, 2.05) is 4.90 Å². The Hall–Kier alpha value is -0.700. The van der Waals surface area contributed by atoms with Gasteiger partial charge in [0.05, 0.1) is 26.4 Å². The average molecular weight is 279 g/mol. The van der Waals surface area contributed by atoms with Crippen LogP contribution in [-0.2, 0) is 28.6 Å². The highest BCUT2D eigenvalue weighted by Crippen LogP contribution is 2.13. The number of carbonyl (C=O) groups is 1. The molecule has 2 fully saturated rings. The average Bonchev–Trinajstić information content (AvgIpc) is 2.28. The van der Waals surface area contributed by atoms with Crippen molar-refractivity contribution in [2.45, 2.75) is 12.5 Å². The molecule has 0 aromatic heterocycles. The van der Waals surface area contributed by atoms with Crippen LogP contribution in [-0.4, -0.2) is 70.6 Å². The molecule has 0 spiro atoms. The van der Waals surface area contributed by atoms with Crippen LogP contribution in [0, 0.1) is 0 Å². The Bertz CT molecular complexity index is 389. The van der Waals surface area contributed by atoms with Crippen LogP contribution in [0.5, 0.6) is 0 Å². The van der Waals surface area contributed by atoms with Gasteiger partial charge in [0.2, 0.25) is 0 Å². The first-order valence-corrected chi connectivity index (χ1v) is 7.49. The summed E-state index contributed by atoms with van der Waals surface area (Å²) in [4.78, 5) is 13.6. The minimum absolute atomic E-state index is 0.0812. The van der Waals surface area contributed by atoms with Crippen molar-refractivity contribution in [2.75, 3.05) is 45.2 Å². The molecule has 2 heterocycles. The van der Waals surface area contributed by atoms with Gasteiger partial charge in [0.15, 0.2) is 0 Å². The van der Waals surface area contributed by atoms with Gasteiger partial charge in [0.1, 0.15) is 11.9 Å². The summed E-state index contributed by atoms with van der Waals surface area (Å²) in [7, 11) is -3.52. The van der Waals surface area contributed by atoms with Gasteiger partial charge >= 0.3 is 5.97 Å². The molecule has 0 aromatic rings. The van der Waals surface area contributed by atoms with E-state index in [1.165, 1.54) is 0 Å². The van der Waals surface area contributed by atoms with E-state index in [1.54, 1.807) is 0 Å². The SMILES string of the molecule is O=C(CN1CCOCC1)OC1CCOS(=O)(=O)C1. The maximum atomic E-state index is 11.7. The van der Waals surface area contributed by atoms with E-state index in [4.69, 9.17) is 9.47 Å². The Kier molecular flexibility index (Phi) is 4.55. The zero-order valence-electron chi connectivity index (χ0n) is 10.0. The van der Waals surface area contributed by atoms with Gasteiger partial charge in [0.25, 0.3) is 10.1 Å². The van der Waals surface area contributed by atoms with E-state index >= 15 is 0 Å². The molecule has 7 nitrogen and oxygen atoms in total. The number of rotatable bonds is 3. The molecule has 0 bridgehead atoms. The molecule has 0 saturated carbocycles. The standard InChI is InChI=1S/C10H17NO6S/c12-10(7-11-2-5-15-6-3-11)17-9-1-4-16-18(13,14)8-9/h9H,1-8H2. The molecule has 0 amide bonds. The first kappa shape index (κ1) is 13.7. The predicted molar refractivity (Wildman–Crippen MR) is 61.5 cm³/mol. The fraction of sp³-hybridized carbons (Fsp3) is 0.900. The fourth-order valence-electron chi connectivity index (χ4n) is 1.92. The van der Waals surface area contributed by atoms with E-state index in [2.05, 4.69) is 4.18 Å². The third-order valence-corrected chi connectivity index (χ3v) is 4.15. The van der Waals surface area contributed by atoms with Crippen molar-refractivity contribution in [1.82, 2.24) is 4.90 Å². The quantitative estimate of drug-likeness (QED) is 0.483. The lowest BCUT2D eigenvalue weighted by atomic mass is 10.3. The molecule has 2 aliphatic rings. The van der Waals surface area contributed by atoms with Crippen LogP contribution in [0.15, 0.2) is 0 Å². The fourth-order valence-corrected chi connectivity index (χ4v) is 3.06. The number of ether oxygens (including phenoxy) is 2. The molecule has 1 unspecified atom stereocenters. The van der Waals surface area contributed by atoms with Crippen molar-refractivity contribution in [3.63, 3.8) is 0 Å². The largest absolute Gasteiger partial charge is 0.460 e. The summed E-state index contributed by atoms with van der Waals surface area (Å²) in [5.74, 6) is -0.638. The maximum absolute atomic E-state index is 11.7. The second kappa shape index (κ2) is 5.96. The number of carbonyl (C=O) groups excluding carboxylic acids is 1. The molecular weight excluding hydrogens is 262 g/mol. The predicted octanol–water partition coefficient (Wildman–Crippen LogP) is -1.02.